The molecule has 3 rings (SSSR count). The molecule has 0 atom stereocenters. The molecule has 0 aliphatic carbocycles. The normalized spacial score (nSPS) is 17.6. The highest BCUT2D eigenvalue weighted by Gasteiger charge is 2.19. The van der Waals surface area contributed by atoms with Crippen molar-refractivity contribution in [3.8, 4) is 0 Å². The third-order valence-corrected chi connectivity index (χ3v) is 4.34. The van der Waals surface area contributed by atoms with Gasteiger partial charge in [0.25, 0.3) is 0 Å². The third kappa shape index (κ3) is 3.00. The number of hydrogen-bond acceptors (Lipinski definition) is 3. The first-order valence-electron chi connectivity index (χ1n) is 7.55. The predicted octanol–water partition coefficient (Wildman–Crippen LogP) is 2.67. The molecule has 2 aromatic rings. The number of piperidine rings is 1. The van der Waals surface area contributed by atoms with Crippen LogP contribution < -0.4 is 5.32 Å². The molecular weight excluding hydrogens is 246 g/mol. The summed E-state index contributed by atoms with van der Waals surface area (Å²) in [6, 6.07) is 8.55. The topological polar surface area (TPSA) is 28.2 Å². The van der Waals surface area contributed by atoms with Crippen molar-refractivity contribution in [2.75, 3.05) is 26.7 Å². The lowest BCUT2D eigenvalue weighted by molar-refractivity contribution is 0.177. The summed E-state index contributed by atoms with van der Waals surface area (Å²) < 4.78 is 0. The number of nitrogens with zero attached hydrogens (tertiary/aromatic N) is 2. The van der Waals surface area contributed by atoms with Crippen LogP contribution >= 0.6 is 0 Å². The van der Waals surface area contributed by atoms with Gasteiger partial charge in [-0.3, -0.25) is 9.88 Å². The fourth-order valence-electron chi connectivity index (χ4n) is 3.18. The molecule has 20 heavy (non-hydrogen) atoms. The summed E-state index contributed by atoms with van der Waals surface area (Å²) in [5.41, 5.74) is 1.36. The Labute approximate surface area is 121 Å². The highest BCUT2D eigenvalue weighted by molar-refractivity contribution is 5.84. The molecule has 0 radical (unpaired) electrons. The fraction of sp³-hybridized carbons (Fsp3) is 0.471. The van der Waals surface area contributed by atoms with E-state index in [1.165, 1.54) is 42.3 Å². The molecule has 0 saturated carbocycles. The number of fused-ring (bicyclic) bond motifs is 1. The van der Waals surface area contributed by atoms with Gasteiger partial charge in [0.05, 0.1) is 0 Å². The average Bonchev–Trinajstić information content (AvgIpc) is 2.50. The number of aromatic nitrogens is 1. The zero-order valence-electron chi connectivity index (χ0n) is 12.2. The van der Waals surface area contributed by atoms with Crippen LogP contribution in [0.25, 0.3) is 10.8 Å². The van der Waals surface area contributed by atoms with Crippen LogP contribution in [0, 0.1) is 5.92 Å². The molecular formula is C17H23N3. The Hall–Kier alpha value is -1.45. The van der Waals surface area contributed by atoms with Crippen molar-refractivity contribution in [3.63, 3.8) is 0 Å². The molecule has 1 N–H and O–H groups in total. The van der Waals surface area contributed by atoms with E-state index in [4.69, 9.17) is 0 Å². The van der Waals surface area contributed by atoms with E-state index in [0.717, 1.165) is 19.0 Å². The second-order valence-corrected chi connectivity index (χ2v) is 5.80. The standard InChI is InChI=1S/C17H23N3/c1-18-10-14-6-8-20(9-7-14)13-16-12-19-11-15-4-2-3-5-17(15)16/h2-5,11-12,14,18H,6-10,13H2,1H3. The molecule has 1 aromatic carbocycles. The van der Waals surface area contributed by atoms with E-state index in [0.29, 0.717) is 0 Å². The number of benzene rings is 1. The maximum Gasteiger partial charge on any atom is 0.0346 e. The first-order chi connectivity index (χ1) is 9.86. The van der Waals surface area contributed by atoms with Gasteiger partial charge in [-0.05, 0) is 56.4 Å². The van der Waals surface area contributed by atoms with Gasteiger partial charge in [0, 0.05) is 24.3 Å². The quantitative estimate of drug-likeness (QED) is 0.925. The van der Waals surface area contributed by atoms with Gasteiger partial charge >= 0.3 is 0 Å². The smallest absolute Gasteiger partial charge is 0.0346 e. The molecule has 1 aromatic heterocycles. The Morgan fingerprint density at radius 3 is 2.80 bits per heavy atom. The highest BCUT2D eigenvalue weighted by Crippen LogP contribution is 2.22. The highest BCUT2D eigenvalue weighted by atomic mass is 15.1. The first-order valence-corrected chi connectivity index (χ1v) is 7.55. The summed E-state index contributed by atoms with van der Waals surface area (Å²) in [7, 11) is 2.05. The van der Waals surface area contributed by atoms with Gasteiger partial charge in [-0.1, -0.05) is 24.3 Å². The van der Waals surface area contributed by atoms with Crippen molar-refractivity contribution in [3.05, 3.63) is 42.2 Å². The Morgan fingerprint density at radius 1 is 1.20 bits per heavy atom. The Morgan fingerprint density at radius 2 is 2.00 bits per heavy atom. The second kappa shape index (κ2) is 6.33. The number of rotatable bonds is 4. The molecule has 2 heterocycles. The summed E-state index contributed by atoms with van der Waals surface area (Å²) in [4.78, 5) is 6.95. The summed E-state index contributed by atoms with van der Waals surface area (Å²) >= 11 is 0. The van der Waals surface area contributed by atoms with Crippen LogP contribution in [0.15, 0.2) is 36.7 Å². The van der Waals surface area contributed by atoms with Gasteiger partial charge in [0.1, 0.15) is 0 Å². The largest absolute Gasteiger partial charge is 0.319 e. The Bertz CT molecular complexity index is 554. The molecule has 1 aliphatic rings. The average molecular weight is 269 g/mol. The van der Waals surface area contributed by atoms with Crippen LogP contribution in [0.5, 0.6) is 0 Å². The Kier molecular flexibility index (Phi) is 4.28. The predicted molar refractivity (Wildman–Crippen MR) is 83.7 cm³/mol. The van der Waals surface area contributed by atoms with Crippen LogP contribution in [0.3, 0.4) is 0 Å². The van der Waals surface area contributed by atoms with Crippen molar-refractivity contribution < 1.29 is 0 Å². The number of nitrogens with one attached hydrogen (secondary N) is 1. The molecule has 1 fully saturated rings. The van der Waals surface area contributed by atoms with Crippen LogP contribution in [0.2, 0.25) is 0 Å². The molecule has 3 heteroatoms. The van der Waals surface area contributed by atoms with Crippen LogP contribution in [-0.2, 0) is 6.54 Å². The van der Waals surface area contributed by atoms with Gasteiger partial charge in [0.15, 0.2) is 0 Å². The molecule has 1 aliphatic heterocycles. The lowest BCUT2D eigenvalue weighted by atomic mass is 9.96. The maximum atomic E-state index is 4.39. The number of pyridine rings is 1. The summed E-state index contributed by atoms with van der Waals surface area (Å²) in [6.45, 7) is 4.59. The molecule has 0 unspecified atom stereocenters. The van der Waals surface area contributed by atoms with Crippen LogP contribution in [0.4, 0.5) is 0 Å². The van der Waals surface area contributed by atoms with Gasteiger partial charge < -0.3 is 5.32 Å². The summed E-state index contributed by atoms with van der Waals surface area (Å²) in [5, 5.41) is 5.89. The van der Waals surface area contributed by atoms with Crippen LogP contribution in [-0.4, -0.2) is 36.6 Å². The second-order valence-electron chi connectivity index (χ2n) is 5.80. The minimum Gasteiger partial charge on any atom is -0.319 e. The number of likely N-dealkylation sites (tertiary alicyclic amines) is 1. The van der Waals surface area contributed by atoms with Gasteiger partial charge in [-0.2, -0.15) is 0 Å². The molecule has 1 saturated heterocycles. The maximum absolute atomic E-state index is 4.39. The van der Waals surface area contributed by atoms with E-state index in [9.17, 15) is 0 Å². The summed E-state index contributed by atoms with van der Waals surface area (Å²) in [5.74, 6) is 0.849. The van der Waals surface area contributed by atoms with Crippen molar-refractivity contribution in [1.82, 2.24) is 15.2 Å². The zero-order chi connectivity index (χ0) is 13.8. The van der Waals surface area contributed by atoms with Crippen molar-refractivity contribution in [1.29, 1.82) is 0 Å². The number of hydrogen-bond donors (Lipinski definition) is 1. The van der Waals surface area contributed by atoms with Gasteiger partial charge in [0.2, 0.25) is 0 Å². The lowest BCUT2D eigenvalue weighted by Crippen LogP contribution is -2.36. The fourth-order valence-corrected chi connectivity index (χ4v) is 3.18. The minimum atomic E-state index is 0.849. The van der Waals surface area contributed by atoms with E-state index in [1.54, 1.807) is 0 Å². The molecule has 0 spiro atoms. The Balaban J connectivity index is 1.68. The SMILES string of the molecule is CNCC1CCN(Cc2cncc3ccccc23)CC1. The summed E-state index contributed by atoms with van der Waals surface area (Å²) in [6.07, 6.45) is 6.60. The third-order valence-electron chi connectivity index (χ3n) is 4.34. The lowest BCUT2D eigenvalue weighted by Gasteiger charge is -2.32. The molecule has 3 nitrogen and oxygen atoms in total. The van der Waals surface area contributed by atoms with Gasteiger partial charge in [-0.15, -0.1) is 0 Å². The van der Waals surface area contributed by atoms with E-state index < -0.39 is 0 Å². The van der Waals surface area contributed by atoms with E-state index in [-0.39, 0.29) is 0 Å². The monoisotopic (exact) mass is 269 g/mol. The van der Waals surface area contributed by atoms with Crippen LogP contribution in [0.1, 0.15) is 18.4 Å². The minimum absolute atomic E-state index is 0.849. The first kappa shape index (κ1) is 13.5. The van der Waals surface area contributed by atoms with E-state index >= 15 is 0 Å². The molecule has 106 valence electrons. The molecule has 0 amide bonds. The van der Waals surface area contributed by atoms with Crippen molar-refractivity contribution >= 4 is 10.8 Å². The van der Waals surface area contributed by atoms with Gasteiger partial charge in [-0.25, -0.2) is 0 Å². The van der Waals surface area contributed by atoms with Crippen molar-refractivity contribution in [2.45, 2.75) is 19.4 Å². The van der Waals surface area contributed by atoms with E-state index in [1.807, 2.05) is 19.4 Å². The van der Waals surface area contributed by atoms with Crippen molar-refractivity contribution in [2.24, 2.45) is 5.92 Å². The molecule has 0 bridgehead atoms. The zero-order valence-corrected chi connectivity index (χ0v) is 12.2. The van der Waals surface area contributed by atoms with E-state index in [2.05, 4.69) is 39.5 Å².